The van der Waals surface area contributed by atoms with Crippen LogP contribution in [0.5, 0.6) is 0 Å². The number of carbonyl (C=O) groups is 2. The van der Waals surface area contributed by atoms with Gasteiger partial charge in [-0.25, -0.2) is 8.42 Å². The summed E-state index contributed by atoms with van der Waals surface area (Å²) in [7, 11) is -3.58. The Morgan fingerprint density at radius 3 is 1.38 bits per heavy atom. The summed E-state index contributed by atoms with van der Waals surface area (Å²) < 4.78 is 23.9. The van der Waals surface area contributed by atoms with Crippen LogP contribution in [-0.4, -0.2) is 48.9 Å². The van der Waals surface area contributed by atoms with Gasteiger partial charge in [-0.1, -0.05) is 39.8 Å². The van der Waals surface area contributed by atoms with E-state index in [4.69, 9.17) is 15.9 Å². The minimum Gasteiger partial charge on any atom is -0.668 e. The van der Waals surface area contributed by atoms with E-state index >= 15 is 0 Å². The van der Waals surface area contributed by atoms with E-state index < -0.39 is 34.0 Å². The topological polar surface area (TPSA) is 147 Å². The maximum absolute atomic E-state index is 10.4. The van der Waals surface area contributed by atoms with Crippen molar-refractivity contribution in [1.82, 2.24) is 0 Å². The van der Waals surface area contributed by atoms with Crippen LogP contribution < -0.4 is 0 Å². The molecule has 0 aliphatic carbocycles. The zero-order valence-electron chi connectivity index (χ0n) is 14.7. The van der Waals surface area contributed by atoms with E-state index in [0.29, 0.717) is 0 Å². The average Bonchev–Trinajstić information content (AvgIpc) is 2.47. The molecule has 3 N–H and O–H groups in total. The Bertz CT molecular complexity index is 381. The molecule has 0 bridgehead atoms. The molecular weight excluding hydrogens is 680 g/mol. The van der Waals surface area contributed by atoms with Crippen LogP contribution in [0.1, 0.15) is 40.5 Å². The Morgan fingerprint density at radius 2 is 1.33 bits per heavy atom. The minimum absolute atomic E-state index is 0. The van der Waals surface area contributed by atoms with Crippen LogP contribution in [0, 0.1) is 13.8 Å². The van der Waals surface area contributed by atoms with Gasteiger partial charge in [0.05, 0.1) is 10.0 Å². The molecule has 24 heavy (non-hydrogen) atoms. The number of nitrogens with one attached hydrogen (secondary N) is 1. The second kappa shape index (κ2) is 25.4. The molecule has 11 heteroatoms. The normalized spacial score (nSPS) is 11.0. The van der Waals surface area contributed by atoms with E-state index in [-0.39, 0.29) is 55.0 Å². The summed E-state index contributed by atoms with van der Waals surface area (Å²) >= 11 is 0. The van der Waals surface area contributed by atoms with Crippen LogP contribution in [-0.2, 0) is 61.7 Å². The van der Waals surface area contributed by atoms with Gasteiger partial charge >= 0.3 is 42.1 Å². The number of aliphatic carboxylic acids is 2. The Morgan fingerprint density at radius 1 is 1.00 bits per heavy atom. The predicted molar refractivity (Wildman–Crippen MR) is 88.0 cm³/mol. The number of rotatable bonds is 6. The molecule has 2 atom stereocenters. The van der Waals surface area contributed by atoms with Crippen molar-refractivity contribution in [2.45, 2.75) is 52.6 Å². The third-order valence-electron chi connectivity index (χ3n) is 1.46. The van der Waals surface area contributed by atoms with Gasteiger partial charge in [-0.15, -0.1) is 0 Å². The van der Waals surface area contributed by atoms with Crippen molar-refractivity contribution in [1.29, 1.82) is 0 Å². The maximum Gasteiger partial charge on any atom is 2.00 e. The van der Waals surface area contributed by atoms with Crippen LogP contribution in [0.25, 0.3) is 10.5 Å². The van der Waals surface area contributed by atoms with Gasteiger partial charge in [-0.05, 0) is 0 Å². The molecular formula is C13H28N2O6SW2. The molecule has 0 saturated heterocycles. The van der Waals surface area contributed by atoms with E-state index in [9.17, 15) is 18.0 Å². The first kappa shape index (κ1) is 39.3. The van der Waals surface area contributed by atoms with Crippen LogP contribution in [0.4, 0.5) is 0 Å². The maximum atomic E-state index is 10.4. The smallest absolute Gasteiger partial charge is 0.668 e. The van der Waals surface area contributed by atoms with Crippen molar-refractivity contribution in [2.24, 2.45) is 0 Å². The van der Waals surface area contributed by atoms with Crippen molar-refractivity contribution in [2.75, 3.05) is 6.26 Å². The number of sulfonamides is 1. The Balaban J connectivity index is -0.0000000546. The van der Waals surface area contributed by atoms with E-state index in [2.05, 4.69) is 18.6 Å². The molecule has 0 rings (SSSR count). The summed E-state index contributed by atoms with van der Waals surface area (Å²) in [4.78, 5) is 19.9. The monoisotopic (exact) mass is 708 g/mol. The quantitative estimate of drug-likeness (QED) is 0.406. The second-order valence-corrected chi connectivity index (χ2v) is 4.84. The summed E-state index contributed by atoms with van der Waals surface area (Å²) in [5.74, 6) is -2.37. The van der Waals surface area contributed by atoms with Crippen LogP contribution in [0.3, 0.4) is 0 Å². The van der Waals surface area contributed by atoms with Gasteiger partial charge < -0.3 is 34.5 Å². The van der Waals surface area contributed by atoms with Gasteiger partial charge in [0.1, 0.15) is 0 Å². The predicted octanol–water partition coefficient (Wildman–Crippen LogP) is 2.76. The van der Waals surface area contributed by atoms with Crippen molar-refractivity contribution >= 4 is 22.0 Å². The SMILES string of the molecule is CC.CC.[CH2-]CC([N-]S(C)(=O)=O)C(=O)O.[CH2-]CC([NH-])C(=O)O.[W+2].[W+2]. The molecule has 0 fully saturated rings. The molecule has 0 aromatic carbocycles. The number of hydrogen-bond donors (Lipinski definition) is 2. The minimum atomic E-state index is -3.58. The van der Waals surface area contributed by atoms with E-state index in [0.717, 1.165) is 6.26 Å². The number of carboxylic acids is 2. The zero-order valence-corrected chi connectivity index (χ0v) is 21.4. The first-order valence-electron chi connectivity index (χ1n) is 6.72. The first-order valence-corrected chi connectivity index (χ1v) is 8.57. The van der Waals surface area contributed by atoms with Crippen LogP contribution in [0.2, 0.25) is 0 Å². The molecule has 0 aromatic heterocycles. The zero-order chi connectivity index (χ0) is 18.9. The van der Waals surface area contributed by atoms with Gasteiger partial charge in [0, 0.05) is 6.26 Å². The Hall–Kier alpha value is 0.187. The standard InChI is InChI=1S/C5H9NO4S.C4H7NO2.2C2H6.2W/c1-3-4(5(7)8)6-11(2,9)10;1-2-3(5)4(6)7;2*1-2;;/h4H,1,3H2,2H3,(H,7,8);3,5H,1-2H2,(H,6,7);2*1-2H3;;/q2*-2;;;2*+2. The summed E-state index contributed by atoms with van der Waals surface area (Å²) in [6.45, 7) is 14.5. The van der Waals surface area contributed by atoms with Crippen molar-refractivity contribution in [3.05, 3.63) is 24.3 Å². The first-order chi connectivity index (χ1) is 10.0. The molecule has 0 saturated carbocycles. The van der Waals surface area contributed by atoms with E-state index in [1.54, 1.807) is 0 Å². The fourth-order valence-electron chi connectivity index (χ4n) is 0.576. The van der Waals surface area contributed by atoms with Gasteiger partial charge in [0.25, 0.3) is 11.9 Å². The summed E-state index contributed by atoms with van der Waals surface area (Å²) in [5, 5.41) is 16.3. The molecule has 0 heterocycles. The fraction of sp³-hybridized carbons (Fsp3) is 0.692. The van der Waals surface area contributed by atoms with Gasteiger partial charge in [0.2, 0.25) is 0 Å². The molecule has 2 unspecified atom stereocenters. The number of hydrogen-bond acceptors (Lipinski definition) is 4. The number of carboxylic acid groups (broad SMARTS) is 2. The molecule has 0 spiro atoms. The van der Waals surface area contributed by atoms with Crippen molar-refractivity contribution < 1.29 is 70.4 Å². The third-order valence-corrected chi connectivity index (χ3v) is 2.10. The molecule has 144 valence electrons. The molecule has 0 radical (unpaired) electrons. The van der Waals surface area contributed by atoms with Gasteiger partial charge in [-0.3, -0.25) is 9.59 Å². The summed E-state index contributed by atoms with van der Waals surface area (Å²) in [5.41, 5.74) is 6.61. The molecule has 0 aromatic rings. The fourth-order valence-corrected chi connectivity index (χ4v) is 1.23. The molecule has 0 amide bonds. The molecule has 0 aliphatic heterocycles. The van der Waals surface area contributed by atoms with Gasteiger partial charge in [-0.2, -0.15) is 12.8 Å². The van der Waals surface area contributed by atoms with E-state index in [1.807, 2.05) is 27.7 Å². The average molecular weight is 708 g/mol. The van der Waals surface area contributed by atoms with E-state index in [1.165, 1.54) is 0 Å². The number of nitrogens with zero attached hydrogens (tertiary/aromatic N) is 1. The van der Waals surface area contributed by atoms with Crippen LogP contribution in [0.15, 0.2) is 0 Å². The van der Waals surface area contributed by atoms with Gasteiger partial charge in [0.15, 0.2) is 0 Å². The third kappa shape index (κ3) is 33.7. The summed E-state index contributed by atoms with van der Waals surface area (Å²) in [6, 6.07) is -2.29. The summed E-state index contributed by atoms with van der Waals surface area (Å²) in [6.07, 6.45) is 0.913. The van der Waals surface area contributed by atoms with Crippen molar-refractivity contribution in [3.8, 4) is 0 Å². The Kier molecular flexibility index (Phi) is 41.7. The second-order valence-electron chi connectivity index (χ2n) is 3.16. The van der Waals surface area contributed by atoms with Crippen molar-refractivity contribution in [3.63, 3.8) is 0 Å². The Labute approximate surface area is 174 Å². The van der Waals surface area contributed by atoms with Crippen LogP contribution >= 0.6 is 0 Å². The molecule has 8 nitrogen and oxygen atoms in total. The molecule has 0 aliphatic rings. The largest absolute Gasteiger partial charge is 2.00 e.